The number of anilines is 1. The van der Waals surface area contributed by atoms with Crippen molar-refractivity contribution in [1.82, 2.24) is 5.32 Å². The monoisotopic (exact) mass is 308 g/mol. The summed E-state index contributed by atoms with van der Waals surface area (Å²) in [6, 6.07) is 6.80. The minimum Gasteiger partial charge on any atom is -0.365 e. The van der Waals surface area contributed by atoms with Gasteiger partial charge in [0.05, 0.1) is 0 Å². The number of benzene rings is 1. The molecule has 0 spiro atoms. The van der Waals surface area contributed by atoms with E-state index >= 15 is 0 Å². The average Bonchev–Trinajstić information content (AvgIpc) is 2.49. The molecule has 0 amide bonds. The van der Waals surface area contributed by atoms with E-state index in [0.717, 1.165) is 31.0 Å². The molecule has 1 aliphatic rings. The van der Waals surface area contributed by atoms with E-state index in [1.807, 2.05) is 6.07 Å². The number of hydrogen-bond acceptors (Lipinski definition) is 2. The Hall–Kier alpha value is -0.730. The van der Waals surface area contributed by atoms with Crippen molar-refractivity contribution < 1.29 is 0 Å². The van der Waals surface area contributed by atoms with Crippen LogP contribution >= 0.6 is 11.6 Å². The third kappa shape index (κ3) is 3.22. The molecular formula is C18H29ClN2. The first-order valence-corrected chi connectivity index (χ1v) is 8.58. The minimum absolute atomic E-state index is 0.222. The average molecular weight is 309 g/mol. The first-order valence-electron chi connectivity index (χ1n) is 8.21. The van der Waals surface area contributed by atoms with Crippen LogP contribution in [0.3, 0.4) is 0 Å². The largest absolute Gasteiger partial charge is 0.365 e. The van der Waals surface area contributed by atoms with Crippen molar-refractivity contribution in [2.75, 3.05) is 18.0 Å². The topological polar surface area (TPSA) is 15.3 Å². The van der Waals surface area contributed by atoms with E-state index in [9.17, 15) is 0 Å². The van der Waals surface area contributed by atoms with Crippen LogP contribution in [0, 0.1) is 12.8 Å². The molecule has 0 radical (unpaired) electrons. The standard InChI is InChI=1S/C18H29ClN2/c1-6-18(7-2)12-21(17(11-20-18)13(3)4)16-10-8-9-15(19)14(16)5/h8-10,13,17,20H,6-7,11-12H2,1-5H3. The lowest BCUT2D eigenvalue weighted by Gasteiger charge is -2.50. The zero-order valence-electron chi connectivity index (χ0n) is 14.0. The summed E-state index contributed by atoms with van der Waals surface area (Å²) in [5.41, 5.74) is 2.72. The van der Waals surface area contributed by atoms with Crippen LogP contribution in [-0.2, 0) is 0 Å². The van der Waals surface area contributed by atoms with E-state index in [1.54, 1.807) is 0 Å². The molecule has 0 aliphatic carbocycles. The van der Waals surface area contributed by atoms with Crippen LogP contribution in [0.4, 0.5) is 5.69 Å². The van der Waals surface area contributed by atoms with Gasteiger partial charge >= 0.3 is 0 Å². The molecule has 0 saturated carbocycles. The number of halogens is 1. The molecule has 2 rings (SSSR count). The summed E-state index contributed by atoms with van der Waals surface area (Å²) in [6.45, 7) is 13.4. The Bertz CT molecular complexity index is 480. The summed E-state index contributed by atoms with van der Waals surface area (Å²) in [7, 11) is 0. The first-order chi connectivity index (χ1) is 9.94. The summed E-state index contributed by atoms with van der Waals surface area (Å²) >= 11 is 6.36. The fourth-order valence-corrected chi connectivity index (χ4v) is 3.59. The van der Waals surface area contributed by atoms with Gasteiger partial charge in [-0.05, 0) is 43.4 Å². The number of nitrogens with zero attached hydrogens (tertiary/aromatic N) is 1. The van der Waals surface area contributed by atoms with Gasteiger partial charge in [0.2, 0.25) is 0 Å². The van der Waals surface area contributed by atoms with Crippen LogP contribution < -0.4 is 10.2 Å². The predicted molar refractivity (Wildman–Crippen MR) is 93.5 cm³/mol. The van der Waals surface area contributed by atoms with Crippen LogP contribution in [0.25, 0.3) is 0 Å². The highest BCUT2D eigenvalue weighted by Gasteiger charge is 2.38. The second kappa shape index (κ2) is 6.58. The van der Waals surface area contributed by atoms with Gasteiger partial charge in [-0.3, -0.25) is 0 Å². The molecule has 0 bridgehead atoms. The molecule has 1 heterocycles. The molecule has 1 aromatic rings. The molecular weight excluding hydrogens is 280 g/mol. The van der Waals surface area contributed by atoms with Gasteiger partial charge in [0.15, 0.2) is 0 Å². The van der Waals surface area contributed by atoms with Crippen molar-refractivity contribution in [1.29, 1.82) is 0 Å². The quantitative estimate of drug-likeness (QED) is 0.871. The molecule has 1 aromatic carbocycles. The van der Waals surface area contributed by atoms with E-state index < -0.39 is 0 Å². The Morgan fingerprint density at radius 2 is 2.00 bits per heavy atom. The summed E-state index contributed by atoms with van der Waals surface area (Å²) in [6.07, 6.45) is 2.31. The molecule has 1 saturated heterocycles. The second-order valence-corrected chi connectivity index (χ2v) is 7.10. The summed E-state index contributed by atoms with van der Waals surface area (Å²) in [5, 5.41) is 4.69. The fourth-order valence-electron chi connectivity index (χ4n) is 3.42. The van der Waals surface area contributed by atoms with Crippen molar-refractivity contribution >= 4 is 17.3 Å². The molecule has 1 aliphatic heterocycles. The molecule has 1 atom stereocenters. The molecule has 1 fully saturated rings. The van der Waals surface area contributed by atoms with E-state index in [-0.39, 0.29) is 5.54 Å². The fraction of sp³-hybridized carbons (Fsp3) is 0.667. The van der Waals surface area contributed by atoms with Crippen molar-refractivity contribution in [3.05, 3.63) is 28.8 Å². The molecule has 2 nitrogen and oxygen atoms in total. The Kier molecular flexibility index (Phi) is 5.21. The summed E-state index contributed by atoms with van der Waals surface area (Å²) < 4.78 is 0. The molecule has 21 heavy (non-hydrogen) atoms. The Labute approximate surface area is 134 Å². The summed E-state index contributed by atoms with van der Waals surface area (Å²) in [5.74, 6) is 0.614. The molecule has 1 unspecified atom stereocenters. The Morgan fingerprint density at radius 3 is 2.57 bits per heavy atom. The normalized spacial score (nSPS) is 21.9. The highest BCUT2D eigenvalue weighted by molar-refractivity contribution is 6.31. The van der Waals surface area contributed by atoms with Gasteiger partial charge in [0.1, 0.15) is 0 Å². The lowest BCUT2D eigenvalue weighted by molar-refractivity contribution is 0.227. The lowest BCUT2D eigenvalue weighted by Crippen LogP contribution is -2.65. The van der Waals surface area contributed by atoms with Crippen molar-refractivity contribution in [2.24, 2.45) is 5.92 Å². The minimum atomic E-state index is 0.222. The van der Waals surface area contributed by atoms with Gasteiger partial charge in [0, 0.05) is 35.4 Å². The van der Waals surface area contributed by atoms with E-state index in [2.05, 4.69) is 57.0 Å². The van der Waals surface area contributed by atoms with Gasteiger partial charge in [0.25, 0.3) is 0 Å². The van der Waals surface area contributed by atoms with Gasteiger partial charge in [-0.1, -0.05) is 45.4 Å². The van der Waals surface area contributed by atoms with E-state index in [1.165, 1.54) is 11.3 Å². The SMILES string of the molecule is CCC1(CC)CN(c2cccc(Cl)c2C)C(C(C)C)CN1. The Morgan fingerprint density at radius 1 is 1.33 bits per heavy atom. The smallest absolute Gasteiger partial charge is 0.0455 e. The third-order valence-electron chi connectivity index (χ3n) is 5.23. The van der Waals surface area contributed by atoms with Gasteiger partial charge < -0.3 is 10.2 Å². The first kappa shape index (κ1) is 16.6. The molecule has 118 valence electrons. The van der Waals surface area contributed by atoms with Crippen LogP contribution in [0.1, 0.15) is 46.1 Å². The van der Waals surface area contributed by atoms with Crippen LogP contribution in [0.2, 0.25) is 5.02 Å². The molecule has 3 heteroatoms. The highest BCUT2D eigenvalue weighted by atomic mass is 35.5. The number of hydrogen-bond donors (Lipinski definition) is 1. The summed E-state index contributed by atoms with van der Waals surface area (Å²) in [4.78, 5) is 2.59. The van der Waals surface area contributed by atoms with Crippen molar-refractivity contribution in [2.45, 2.75) is 59.0 Å². The maximum absolute atomic E-state index is 6.36. The molecule has 1 N–H and O–H groups in total. The zero-order chi connectivity index (χ0) is 15.6. The van der Waals surface area contributed by atoms with Crippen molar-refractivity contribution in [3.63, 3.8) is 0 Å². The van der Waals surface area contributed by atoms with E-state index in [4.69, 9.17) is 11.6 Å². The van der Waals surface area contributed by atoms with Crippen molar-refractivity contribution in [3.8, 4) is 0 Å². The highest BCUT2D eigenvalue weighted by Crippen LogP contribution is 2.34. The third-order valence-corrected chi connectivity index (χ3v) is 5.64. The Balaban J connectivity index is 2.41. The van der Waals surface area contributed by atoms with Gasteiger partial charge in [-0.25, -0.2) is 0 Å². The maximum Gasteiger partial charge on any atom is 0.0455 e. The second-order valence-electron chi connectivity index (χ2n) is 6.69. The number of nitrogens with one attached hydrogen (secondary N) is 1. The van der Waals surface area contributed by atoms with Gasteiger partial charge in [-0.15, -0.1) is 0 Å². The number of rotatable bonds is 4. The van der Waals surface area contributed by atoms with Crippen LogP contribution in [-0.4, -0.2) is 24.7 Å². The van der Waals surface area contributed by atoms with Crippen LogP contribution in [0.5, 0.6) is 0 Å². The van der Waals surface area contributed by atoms with Gasteiger partial charge in [-0.2, -0.15) is 0 Å². The predicted octanol–water partition coefficient (Wildman–Crippen LogP) is 4.64. The lowest BCUT2D eigenvalue weighted by atomic mass is 9.85. The maximum atomic E-state index is 6.36. The van der Waals surface area contributed by atoms with Crippen LogP contribution in [0.15, 0.2) is 18.2 Å². The number of piperazine rings is 1. The van der Waals surface area contributed by atoms with E-state index in [0.29, 0.717) is 12.0 Å². The molecule has 0 aromatic heterocycles. The zero-order valence-corrected chi connectivity index (χ0v) is 14.8.